The van der Waals surface area contributed by atoms with Crippen LogP contribution in [0.4, 0.5) is 8.78 Å². The summed E-state index contributed by atoms with van der Waals surface area (Å²) in [5.41, 5.74) is 0. The number of hydrogen-bond donors (Lipinski definition) is 3. The Balaban J connectivity index is 0.00000400. The Morgan fingerprint density at radius 1 is 1.33 bits per heavy atom. The number of aliphatic hydroxyl groups is 1. The average Bonchev–Trinajstić information content (AvgIpc) is 2.42. The third-order valence-electron chi connectivity index (χ3n) is 2.26. The normalized spacial score (nSPS) is 10.8. The van der Waals surface area contributed by atoms with Crippen molar-refractivity contribution in [3.63, 3.8) is 0 Å². The largest absolute Gasteiger partial charge is 0.489 e. The van der Waals surface area contributed by atoms with Crippen molar-refractivity contribution in [2.75, 3.05) is 32.8 Å². The Morgan fingerprint density at radius 2 is 2.10 bits per heavy atom. The summed E-state index contributed by atoms with van der Waals surface area (Å²) in [5, 5.41) is 14.6. The number of guanidine groups is 1. The smallest absolute Gasteiger partial charge is 0.191 e. The first kappa shape index (κ1) is 19.8. The van der Waals surface area contributed by atoms with E-state index in [-0.39, 0.29) is 42.9 Å². The van der Waals surface area contributed by atoms with Gasteiger partial charge in [-0.1, -0.05) is 0 Å². The van der Waals surface area contributed by atoms with Gasteiger partial charge in [-0.3, -0.25) is 4.99 Å². The number of nitrogens with zero attached hydrogens (tertiary/aromatic N) is 1. The summed E-state index contributed by atoms with van der Waals surface area (Å²) < 4.78 is 31.2. The molecular formula is C13H20F2IN3O2. The molecule has 0 amide bonds. The summed E-state index contributed by atoms with van der Waals surface area (Å²) >= 11 is 0. The lowest BCUT2D eigenvalue weighted by atomic mass is 10.3. The maximum atomic E-state index is 13.3. The molecule has 0 aliphatic rings. The molecule has 3 N–H and O–H groups in total. The van der Waals surface area contributed by atoms with Gasteiger partial charge in [0.1, 0.15) is 12.4 Å². The molecule has 0 aromatic heterocycles. The van der Waals surface area contributed by atoms with E-state index in [4.69, 9.17) is 9.84 Å². The molecule has 1 rings (SSSR count). The average molecular weight is 415 g/mol. The van der Waals surface area contributed by atoms with Gasteiger partial charge in [-0.05, 0) is 19.1 Å². The van der Waals surface area contributed by atoms with E-state index in [0.29, 0.717) is 25.6 Å². The molecule has 0 saturated heterocycles. The molecular weight excluding hydrogens is 395 g/mol. The summed E-state index contributed by atoms with van der Waals surface area (Å²) in [4.78, 5) is 4.07. The quantitative estimate of drug-likeness (QED) is 0.274. The Labute approximate surface area is 139 Å². The van der Waals surface area contributed by atoms with E-state index in [1.807, 2.05) is 6.92 Å². The van der Waals surface area contributed by atoms with Crippen LogP contribution in [0.25, 0.3) is 0 Å². The maximum absolute atomic E-state index is 13.3. The van der Waals surface area contributed by atoms with Gasteiger partial charge in [0.05, 0.1) is 19.7 Å². The molecule has 1 aromatic carbocycles. The van der Waals surface area contributed by atoms with Gasteiger partial charge in [0.2, 0.25) is 0 Å². The number of ether oxygens (including phenoxy) is 1. The van der Waals surface area contributed by atoms with Crippen molar-refractivity contribution in [1.82, 2.24) is 10.6 Å². The van der Waals surface area contributed by atoms with Gasteiger partial charge < -0.3 is 20.5 Å². The van der Waals surface area contributed by atoms with Crippen molar-refractivity contribution in [3.8, 4) is 5.75 Å². The minimum Gasteiger partial charge on any atom is -0.489 e. The second-order valence-electron chi connectivity index (χ2n) is 3.83. The molecule has 0 aliphatic carbocycles. The van der Waals surface area contributed by atoms with Gasteiger partial charge in [0.25, 0.3) is 0 Å². The molecule has 0 saturated carbocycles. The lowest BCUT2D eigenvalue weighted by Crippen LogP contribution is -2.39. The zero-order chi connectivity index (χ0) is 14.8. The van der Waals surface area contributed by atoms with Crippen LogP contribution in [0.1, 0.15) is 6.92 Å². The highest BCUT2D eigenvalue weighted by atomic mass is 127. The third-order valence-corrected chi connectivity index (χ3v) is 2.26. The standard InChI is InChI=1S/C13H19F2N3O2.HI/c1-2-16-13(17-5-7-19)18-6-8-20-12-4-3-10(14)9-11(12)15;/h3-4,9,19H,2,5-8H2,1H3,(H2,16,17,18);1H. The topological polar surface area (TPSA) is 65.9 Å². The van der Waals surface area contributed by atoms with Crippen molar-refractivity contribution in [1.29, 1.82) is 0 Å². The lowest BCUT2D eigenvalue weighted by molar-refractivity contribution is 0.302. The number of rotatable bonds is 7. The minimum absolute atomic E-state index is 0. The van der Waals surface area contributed by atoms with E-state index in [1.165, 1.54) is 6.07 Å². The molecule has 0 spiro atoms. The predicted molar refractivity (Wildman–Crippen MR) is 88.3 cm³/mol. The molecule has 0 atom stereocenters. The van der Waals surface area contributed by atoms with Gasteiger partial charge in [-0.25, -0.2) is 8.78 Å². The highest BCUT2D eigenvalue weighted by Gasteiger charge is 2.04. The van der Waals surface area contributed by atoms with Crippen molar-refractivity contribution in [3.05, 3.63) is 29.8 Å². The van der Waals surface area contributed by atoms with Crippen LogP contribution in [0.5, 0.6) is 5.75 Å². The first-order chi connectivity index (χ1) is 9.67. The molecule has 120 valence electrons. The van der Waals surface area contributed by atoms with Crippen LogP contribution in [-0.4, -0.2) is 43.9 Å². The maximum Gasteiger partial charge on any atom is 0.191 e. The van der Waals surface area contributed by atoms with E-state index in [0.717, 1.165) is 12.1 Å². The van der Waals surface area contributed by atoms with E-state index in [2.05, 4.69) is 15.6 Å². The molecule has 0 fully saturated rings. The predicted octanol–water partition coefficient (Wildman–Crippen LogP) is 1.51. The van der Waals surface area contributed by atoms with Crippen molar-refractivity contribution < 1.29 is 18.6 Å². The highest BCUT2D eigenvalue weighted by Crippen LogP contribution is 2.17. The van der Waals surface area contributed by atoms with Crippen molar-refractivity contribution in [2.45, 2.75) is 6.92 Å². The molecule has 5 nitrogen and oxygen atoms in total. The Bertz CT molecular complexity index is 447. The second kappa shape index (κ2) is 11.5. The Hall–Kier alpha value is -1.16. The van der Waals surface area contributed by atoms with Crippen LogP contribution in [0, 0.1) is 11.6 Å². The fourth-order valence-electron chi connectivity index (χ4n) is 1.43. The van der Waals surface area contributed by atoms with Crippen molar-refractivity contribution in [2.24, 2.45) is 4.99 Å². The zero-order valence-corrected chi connectivity index (χ0v) is 14.1. The summed E-state index contributed by atoms with van der Waals surface area (Å²) in [6, 6.07) is 3.16. The fourth-order valence-corrected chi connectivity index (χ4v) is 1.43. The molecule has 1 aromatic rings. The third kappa shape index (κ3) is 8.00. The molecule has 0 radical (unpaired) electrons. The summed E-state index contributed by atoms with van der Waals surface area (Å²) in [6.07, 6.45) is 0. The fraction of sp³-hybridized carbons (Fsp3) is 0.462. The summed E-state index contributed by atoms with van der Waals surface area (Å²) in [6.45, 7) is 3.46. The number of nitrogens with one attached hydrogen (secondary N) is 2. The summed E-state index contributed by atoms with van der Waals surface area (Å²) in [5.74, 6) is -0.820. The molecule has 21 heavy (non-hydrogen) atoms. The van der Waals surface area contributed by atoms with Crippen LogP contribution in [0.2, 0.25) is 0 Å². The van der Waals surface area contributed by atoms with Crippen LogP contribution >= 0.6 is 24.0 Å². The number of halogens is 3. The first-order valence-corrected chi connectivity index (χ1v) is 6.38. The first-order valence-electron chi connectivity index (χ1n) is 6.38. The SMILES string of the molecule is CCNC(=NCCO)NCCOc1ccc(F)cc1F.I. The molecule has 0 unspecified atom stereocenters. The molecule has 0 bridgehead atoms. The van der Waals surface area contributed by atoms with E-state index in [9.17, 15) is 8.78 Å². The number of aliphatic imine (C=N–C) groups is 1. The Kier molecular flexibility index (Phi) is 10.9. The van der Waals surface area contributed by atoms with Crippen LogP contribution in [0.15, 0.2) is 23.2 Å². The lowest BCUT2D eigenvalue weighted by Gasteiger charge is -2.12. The van der Waals surface area contributed by atoms with Crippen LogP contribution < -0.4 is 15.4 Å². The molecule has 0 aliphatic heterocycles. The minimum atomic E-state index is -0.731. The van der Waals surface area contributed by atoms with E-state index in [1.54, 1.807) is 0 Å². The highest BCUT2D eigenvalue weighted by molar-refractivity contribution is 14.0. The van der Waals surface area contributed by atoms with Gasteiger partial charge in [-0.2, -0.15) is 0 Å². The zero-order valence-electron chi connectivity index (χ0n) is 11.7. The number of aliphatic hydroxyl groups excluding tert-OH is 1. The van der Waals surface area contributed by atoms with E-state index >= 15 is 0 Å². The monoisotopic (exact) mass is 415 g/mol. The molecule has 0 heterocycles. The molecule has 8 heteroatoms. The van der Waals surface area contributed by atoms with Crippen LogP contribution in [-0.2, 0) is 0 Å². The van der Waals surface area contributed by atoms with Gasteiger partial charge in [0, 0.05) is 12.6 Å². The van der Waals surface area contributed by atoms with Crippen LogP contribution in [0.3, 0.4) is 0 Å². The summed E-state index contributed by atoms with van der Waals surface area (Å²) in [7, 11) is 0. The Morgan fingerprint density at radius 3 is 2.71 bits per heavy atom. The number of benzene rings is 1. The number of hydrogen-bond acceptors (Lipinski definition) is 3. The van der Waals surface area contributed by atoms with Gasteiger partial charge in [0.15, 0.2) is 17.5 Å². The van der Waals surface area contributed by atoms with Gasteiger partial charge in [-0.15, -0.1) is 24.0 Å². The van der Waals surface area contributed by atoms with E-state index < -0.39 is 11.6 Å². The van der Waals surface area contributed by atoms with Crippen molar-refractivity contribution >= 4 is 29.9 Å². The second-order valence-corrected chi connectivity index (χ2v) is 3.83. The van der Waals surface area contributed by atoms with Gasteiger partial charge >= 0.3 is 0 Å².